The fourth-order valence-electron chi connectivity index (χ4n) is 5.42. The number of hydrogen-bond acceptors (Lipinski definition) is 4. The van der Waals surface area contributed by atoms with E-state index in [4.69, 9.17) is 9.26 Å². The van der Waals surface area contributed by atoms with E-state index in [0.29, 0.717) is 28.4 Å². The fraction of sp³-hybridized carbons (Fsp3) is 0.464. The molecule has 2 aromatic carbocycles. The summed E-state index contributed by atoms with van der Waals surface area (Å²) in [7, 11) is -1.88. The topological polar surface area (TPSA) is 57.5 Å². The average Bonchev–Trinajstić information content (AvgIpc) is 3.11. The standard InChI is InChI=1S/C28H35BrNO4P/c1-6-33-28(31)26-27(23-17-20(29)13-15-24(23)30(26)5)35(32,21-10-8-7-9-11-21)34-25-16-19(4)12-14-22(25)18(2)3/h7-11,13,15,17-19,22,25H,6,12,14,16H2,1-5H3/t19-,22-,25+,35?/m0/s1. The maximum Gasteiger partial charge on any atom is 0.355 e. The quantitative estimate of drug-likeness (QED) is 0.235. The number of fused-ring (bicyclic) bond motifs is 1. The van der Waals surface area contributed by atoms with E-state index in [-0.39, 0.29) is 18.4 Å². The minimum Gasteiger partial charge on any atom is -0.461 e. The smallest absolute Gasteiger partial charge is 0.355 e. The van der Waals surface area contributed by atoms with E-state index in [2.05, 4.69) is 36.7 Å². The van der Waals surface area contributed by atoms with Crippen LogP contribution in [0.5, 0.6) is 0 Å². The lowest BCUT2D eigenvalue weighted by atomic mass is 9.75. The molecule has 1 aromatic heterocycles. The molecule has 0 radical (unpaired) electrons. The summed E-state index contributed by atoms with van der Waals surface area (Å²) in [6.45, 7) is 8.67. The van der Waals surface area contributed by atoms with Crippen LogP contribution in [0.15, 0.2) is 53.0 Å². The van der Waals surface area contributed by atoms with E-state index in [1.54, 1.807) is 11.5 Å². The van der Waals surface area contributed by atoms with Crippen molar-refractivity contribution in [1.82, 2.24) is 4.57 Å². The van der Waals surface area contributed by atoms with Gasteiger partial charge in [-0.05, 0) is 67.9 Å². The number of halogens is 1. The van der Waals surface area contributed by atoms with Crippen LogP contribution in [0, 0.1) is 17.8 Å². The van der Waals surface area contributed by atoms with Gasteiger partial charge in [-0.2, -0.15) is 0 Å². The number of rotatable bonds is 7. The Morgan fingerprint density at radius 2 is 1.89 bits per heavy atom. The lowest BCUT2D eigenvalue weighted by molar-refractivity contribution is 0.0495. The number of carbonyl (C=O) groups excluding carboxylic acids is 1. The number of esters is 1. The SMILES string of the molecule is CCOC(=O)c1c(P(=O)(O[C@@H]2C[C@@H](C)CC[C@H]2C(C)C)c2ccccc2)c2cc(Br)ccc2n1C. The first kappa shape index (κ1) is 26.2. The molecule has 4 atom stereocenters. The molecular formula is C28H35BrNO4P. The van der Waals surface area contributed by atoms with Crippen molar-refractivity contribution in [1.29, 1.82) is 0 Å². The second-order valence-corrected chi connectivity index (χ2v) is 13.2. The Labute approximate surface area is 216 Å². The number of aryl methyl sites for hydroxylation is 1. The maximum absolute atomic E-state index is 15.4. The van der Waals surface area contributed by atoms with E-state index >= 15 is 4.57 Å². The second kappa shape index (κ2) is 10.6. The molecular weight excluding hydrogens is 525 g/mol. The summed E-state index contributed by atoms with van der Waals surface area (Å²) in [5, 5.41) is 1.77. The number of aromatic nitrogens is 1. The molecule has 7 heteroatoms. The van der Waals surface area contributed by atoms with Gasteiger partial charge in [-0.15, -0.1) is 0 Å². The van der Waals surface area contributed by atoms with Crippen LogP contribution >= 0.6 is 23.3 Å². The summed E-state index contributed by atoms with van der Waals surface area (Å²) in [5.74, 6) is 0.707. The van der Waals surface area contributed by atoms with Crippen molar-refractivity contribution in [3.8, 4) is 0 Å². The monoisotopic (exact) mass is 559 g/mol. The summed E-state index contributed by atoms with van der Waals surface area (Å²) in [6.07, 6.45) is 2.88. The molecule has 0 N–H and O–H groups in total. The highest BCUT2D eigenvalue weighted by molar-refractivity contribution is 9.10. The summed E-state index contributed by atoms with van der Waals surface area (Å²) in [4.78, 5) is 13.3. The Hall–Kier alpha value is -1.88. The molecule has 4 rings (SSSR count). The number of carbonyl (C=O) groups is 1. The maximum atomic E-state index is 15.4. The van der Waals surface area contributed by atoms with Gasteiger partial charge in [0.1, 0.15) is 5.69 Å². The Balaban J connectivity index is 2.00. The van der Waals surface area contributed by atoms with Crippen LogP contribution in [0.2, 0.25) is 0 Å². The largest absolute Gasteiger partial charge is 0.461 e. The molecule has 5 nitrogen and oxygen atoms in total. The molecule has 1 aliphatic carbocycles. The van der Waals surface area contributed by atoms with Gasteiger partial charge < -0.3 is 13.8 Å². The van der Waals surface area contributed by atoms with Crippen molar-refractivity contribution in [3.05, 3.63) is 58.7 Å². The zero-order chi connectivity index (χ0) is 25.3. The molecule has 0 amide bonds. The zero-order valence-corrected chi connectivity index (χ0v) is 23.6. The van der Waals surface area contributed by atoms with Gasteiger partial charge >= 0.3 is 5.97 Å². The van der Waals surface area contributed by atoms with Gasteiger partial charge in [0.2, 0.25) is 0 Å². The van der Waals surface area contributed by atoms with Crippen molar-refractivity contribution in [2.24, 2.45) is 24.8 Å². The fourth-order valence-corrected chi connectivity index (χ4v) is 8.47. The Kier molecular flexibility index (Phi) is 7.95. The molecule has 0 saturated heterocycles. The van der Waals surface area contributed by atoms with Crippen molar-refractivity contribution in [3.63, 3.8) is 0 Å². The van der Waals surface area contributed by atoms with Crippen LogP contribution in [0.4, 0.5) is 0 Å². The molecule has 1 fully saturated rings. The van der Waals surface area contributed by atoms with Gasteiger partial charge in [0.05, 0.1) is 18.0 Å². The van der Waals surface area contributed by atoms with Crippen LogP contribution in [0.3, 0.4) is 0 Å². The van der Waals surface area contributed by atoms with Crippen molar-refractivity contribution in [2.45, 2.75) is 53.1 Å². The highest BCUT2D eigenvalue weighted by Crippen LogP contribution is 2.53. The van der Waals surface area contributed by atoms with E-state index in [0.717, 1.165) is 34.6 Å². The van der Waals surface area contributed by atoms with Gasteiger partial charge in [-0.25, -0.2) is 4.79 Å². The van der Waals surface area contributed by atoms with Crippen LogP contribution in [0.25, 0.3) is 10.9 Å². The first-order chi connectivity index (χ1) is 16.7. The van der Waals surface area contributed by atoms with Gasteiger partial charge in [0, 0.05) is 27.7 Å². The molecule has 0 spiro atoms. The summed E-state index contributed by atoms with van der Waals surface area (Å²) >= 11 is 3.57. The van der Waals surface area contributed by atoms with Gasteiger partial charge in [-0.3, -0.25) is 4.57 Å². The number of nitrogens with zero attached hydrogens (tertiary/aromatic N) is 1. The molecule has 35 heavy (non-hydrogen) atoms. The average molecular weight is 560 g/mol. The summed E-state index contributed by atoms with van der Waals surface area (Å²) in [5.41, 5.74) is 1.10. The summed E-state index contributed by atoms with van der Waals surface area (Å²) in [6, 6.07) is 15.1. The third kappa shape index (κ3) is 5.03. The molecule has 188 valence electrons. The van der Waals surface area contributed by atoms with Crippen LogP contribution < -0.4 is 10.6 Å². The number of hydrogen-bond donors (Lipinski definition) is 0. The first-order valence-electron chi connectivity index (χ1n) is 12.5. The molecule has 1 aliphatic rings. The van der Waals surface area contributed by atoms with E-state index in [1.807, 2.05) is 55.6 Å². The molecule has 1 saturated carbocycles. The van der Waals surface area contributed by atoms with Crippen LogP contribution in [-0.4, -0.2) is 23.2 Å². The van der Waals surface area contributed by atoms with Crippen molar-refractivity contribution >= 4 is 50.8 Å². The predicted molar refractivity (Wildman–Crippen MR) is 146 cm³/mol. The Bertz CT molecular complexity index is 1250. The molecule has 1 heterocycles. The highest BCUT2D eigenvalue weighted by atomic mass is 79.9. The van der Waals surface area contributed by atoms with Crippen LogP contribution in [-0.2, 0) is 20.9 Å². The van der Waals surface area contributed by atoms with E-state index < -0.39 is 13.3 Å². The van der Waals surface area contributed by atoms with Crippen molar-refractivity contribution in [2.75, 3.05) is 6.61 Å². The minimum absolute atomic E-state index is 0.165. The molecule has 3 aromatic rings. The lowest BCUT2D eigenvalue weighted by Gasteiger charge is -2.39. The Morgan fingerprint density at radius 1 is 1.17 bits per heavy atom. The summed E-state index contributed by atoms with van der Waals surface area (Å²) < 4.78 is 30.3. The number of ether oxygens (including phenoxy) is 1. The van der Waals surface area contributed by atoms with Crippen LogP contribution in [0.1, 0.15) is 57.4 Å². The minimum atomic E-state index is -3.70. The van der Waals surface area contributed by atoms with Gasteiger partial charge in [-0.1, -0.05) is 61.3 Å². The molecule has 0 bridgehead atoms. The van der Waals surface area contributed by atoms with E-state index in [9.17, 15) is 4.79 Å². The lowest BCUT2D eigenvalue weighted by Crippen LogP contribution is -2.36. The highest BCUT2D eigenvalue weighted by Gasteiger charge is 2.43. The second-order valence-electron chi connectivity index (χ2n) is 10.00. The van der Waals surface area contributed by atoms with Crippen molar-refractivity contribution < 1.29 is 18.6 Å². The molecule has 0 aliphatic heterocycles. The third-order valence-corrected chi connectivity index (χ3v) is 10.3. The number of benzene rings is 2. The first-order valence-corrected chi connectivity index (χ1v) is 14.9. The van der Waals surface area contributed by atoms with Gasteiger partial charge in [0.15, 0.2) is 0 Å². The van der Waals surface area contributed by atoms with E-state index in [1.165, 1.54) is 0 Å². The Morgan fingerprint density at radius 3 is 2.54 bits per heavy atom. The third-order valence-electron chi connectivity index (χ3n) is 7.24. The van der Waals surface area contributed by atoms with Gasteiger partial charge in [0.25, 0.3) is 7.37 Å². The normalized spacial score (nSPS) is 22.3. The predicted octanol–water partition coefficient (Wildman–Crippen LogP) is 6.82. The zero-order valence-electron chi connectivity index (χ0n) is 21.2. The molecule has 1 unspecified atom stereocenters.